The van der Waals surface area contributed by atoms with Gasteiger partial charge in [-0.2, -0.15) is 0 Å². The molecule has 2 aromatic rings. The molecule has 0 fully saturated rings. The zero-order valence-electron chi connectivity index (χ0n) is 16.2. The number of benzene rings is 1. The van der Waals surface area contributed by atoms with Gasteiger partial charge in [-0.1, -0.05) is 44.1 Å². The average Bonchev–Trinajstić information content (AvgIpc) is 3.13. The first-order chi connectivity index (χ1) is 12.6. The van der Waals surface area contributed by atoms with Gasteiger partial charge in [0.25, 0.3) is 0 Å². The Morgan fingerprint density at radius 1 is 1.19 bits per heavy atom. The highest BCUT2D eigenvalue weighted by atomic mass is 16.5. The molecular weight excluding hydrogens is 328 g/mol. The normalized spacial score (nSPS) is 12.9. The van der Waals surface area contributed by atoms with Crippen molar-refractivity contribution >= 4 is 5.96 Å². The number of nitrogens with zero attached hydrogens (tertiary/aromatic N) is 2. The molecule has 0 amide bonds. The number of guanidine groups is 1. The van der Waals surface area contributed by atoms with Gasteiger partial charge >= 0.3 is 0 Å². The number of ether oxygens (including phenoxy) is 1. The molecule has 0 aliphatic rings. The minimum absolute atomic E-state index is 0.0686. The van der Waals surface area contributed by atoms with Gasteiger partial charge in [0, 0.05) is 12.6 Å². The quantitative estimate of drug-likeness (QED) is 0.528. The third kappa shape index (κ3) is 6.43. The smallest absolute Gasteiger partial charge is 0.191 e. The van der Waals surface area contributed by atoms with Crippen LogP contribution in [0.4, 0.5) is 0 Å². The Kier molecular flexibility index (Phi) is 7.99. The number of aliphatic imine (C=N–C) groups is 1. The van der Waals surface area contributed by atoms with Gasteiger partial charge in [-0.3, -0.25) is 0 Å². The molecule has 1 aromatic carbocycles. The molecule has 6 nitrogen and oxygen atoms in total. The number of rotatable bonds is 9. The monoisotopic (exact) mass is 358 g/mol. The fourth-order valence-electron chi connectivity index (χ4n) is 2.35. The van der Waals surface area contributed by atoms with Crippen LogP contribution in [-0.2, 0) is 6.54 Å². The molecule has 0 saturated carbocycles. The van der Waals surface area contributed by atoms with Gasteiger partial charge in [0.2, 0.25) is 0 Å². The summed E-state index contributed by atoms with van der Waals surface area (Å²) in [6.07, 6.45) is 0.973. The summed E-state index contributed by atoms with van der Waals surface area (Å²) in [5, 5.41) is 10.7. The lowest BCUT2D eigenvalue weighted by Crippen LogP contribution is -2.42. The van der Waals surface area contributed by atoms with Crippen LogP contribution in [0.1, 0.15) is 51.5 Å². The topological polar surface area (TPSA) is 71.7 Å². The minimum atomic E-state index is 0.0686. The van der Waals surface area contributed by atoms with E-state index in [2.05, 4.69) is 41.6 Å². The van der Waals surface area contributed by atoms with Crippen molar-refractivity contribution in [2.24, 2.45) is 4.99 Å². The van der Waals surface area contributed by atoms with Crippen molar-refractivity contribution in [1.29, 1.82) is 0 Å². The Bertz CT molecular complexity index is 667. The number of aromatic nitrogens is 1. The molecule has 0 saturated heterocycles. The largest absolute Gasteiger partial charge is 0.489 e. The predicted octanol–water partition coefficient (Wildman–Crippen LogP) is 3.71. The van der Waals surface area contributed by atoms with Crippen LogP contribution in [0, 0.1) is 0 Å². The van der Waals surface area contributed by atoms with Gasteiger partial charge < -0.3 is 19.9 Å². The summed E-state index contributed by atoms with van der Waals surface area (Å²) in [5.74, 6) is 2.73. The third-order valence-corrected chi connectivity index (χ3v) is 3.90. The third-order valence-electron chi connectivity index (χ3n) is 3.90. The zero-order chi connectivity index (χ0) is 18.8. The predicted molar refractivity (Wildman–Crippen MR) is 105 cm³/mol. The molecule has 142 valence electrons. The molecule has 1 heterocycles. The summed E-state index contributed by atoms with van der Waals surface area (Å²) in [6.45, 7) is 10.2. The van der Waals surface area contributed by atoms with Crippen molar-refractivity contribution in [3.63, 3.8) is 0 Å². The molecule has 0 spiro atoms. The van der Waals surface area contributed by atoms with Crippen LogP contribution in [0.2, 0.25) is 0 Å². The fraction of sp³-hybridized carbons (Fsp3) is 0.500. The number of para-hydroxylation sites is 1. The van der Waals surface area contributed by atoms with Crippen LogP contribution in [0.25, 0.3) is 0 Å². The van der Waals surface area contributed by atoms with Crippen molar-refractivity contribution in [2.45, 2.75) is 52.7 Å². The number of nitrogens with one attached hydrogen (secondary N) is 2. The van der Waals surface area contributed by atoms with E-state index in [0.717, 1.165) is 36.1 Å². The molecule has 2 N–H and O–H groups in total. The van der Waals surface area contributed by atoms with E-state index in [1.807, 2.05) is 43.3 Å². The molecular formula is C20H30N4O2. The molecule has 0 aliphatic carbocycles. The molecule has 2 rings (SSSR count). The van der Waals surface area contributed by atoms with Crippen molar-refractivity contribution in [2.75, 3.05) is 13.1 Å². The highest BCUT2D eigenvalue weighted by Gasteiger charge is 2.10. The van der Waals surface area contributed by atoms with Gasteiger partial charge in [-0.25, -0.2) is 4.99 Å². The summed E-state index contributed by atoms with van der Waals surface area (Å²) in [7, 11) is 0. The van der Waals surface area contributed by atoms with Crippen LogP contribution < -0.4 is 15.4 Å². The summed E-state index contributed by atoms with van der Waals surface area (Å²) < 4.78 is 11.4. The SMILES string of the molecule is CCNC(=NCc1cc(C(C)C)no1)NCC(CC)Oc1ccccc1. The fourth-order valence-corrected chi connectivity index (χ4v) is 2.35. The molecule has 26 heavy (non-hydrogen) atoms. The summed E-state index contributed by atoms with van der Waals surface area (Å²) in [4.78, 5) is 4.57. The molecule has 0 aliphatic heterocycles. The van der Waals surface area contributed by atoms with Crippen LogP contribution in [0.3, 0.4) is 0 Å². The van der Waals surface area contributed by atoms with E-state index in [4.69, 9.17) is 9.26 Å². The van der Waals surface area contributed by atoms with Crippen molar-refractivity contribution < 1.29 is 9.26 Å². The van der Waals surface area contributed by atoms with Gasteiger partial charge in [0.05, 0.1) is 12.2 Å². The maximum absolute atomic E-state index is 6.01. The van der Waals surface area contributed by atoms with Crippen LogP contribution >= 0.6 is 0 Å². The second kappa shape index (κ2) is 10.5. The van der Waals surface area contributed by atoms with E-state index in [9.17, 15) is 0 Å². The van der Waals surface area contributed by atoms with E-state index in [1.165, 1.54) is 0 Å². The minimum Gasteiger partial charge on any atom is -0.489 e. The Morgan fingerprint density at radius 2 is 1.96 bits per heavy atom. The maximum atomic E-state index is 6.01. The second-order valence-electron chi connectivity index (χ2n) is 6.41. The van der Waals surface area contributed by atoms with Crippen molar-refractivity contribution in [1.82, 2.24) is 15.8 Å². The molecule has 0 radical (unpaired) electrons. The lowest BCUT2D eigenvalue weighted by Gasteiger charge is -2.19. The Labute approximate surface area is 156 Å². The van der Waals surface area contributed by atoms with E-state index in [-0.39, 0.29) is 6.10 Å². The Hall–Kier alpha value is -2.50. The van der Waals surface area contributed by atoms with Crippen molar-refractivity contribution in [3.8, 4) is 5.75 Å². The van der Waals surface area contributed by atoms with E-state index >= 15 is 0 Å². The zero-order valence-corrected chi connectivity index (χ0v) is 16.2. The van der Waals surface area contributed by atoms with Crippen LogP contribution in [0.15, 0.2) is 45.9 Å². The van der Waals surface area contributed by atoms with E-state index in [0.29, 0.717) is 19.0 Å². The average molecular weight is 358 g/mol. The van der Waals surface area contributed by atoms with E-state index < -0.39 is 0 Å². The Balaban J connectivity index is 1.90. The summed E-state index contributed by atoms with van der Waals surface area (Å²) >= 11 is 0. The van der Waals surface area contributed by atoms with Crippen molar-refractivity contribution in [3.05, 3.63) is 47.9 Å². The van der Waals surface area contributed by atoms with Gasteiger partial charge in [0.15, 0.2) is 11.7 Å². The highest BCUT2D eigenvalue weighted by molar-refractivity contribution is 5.79. The standard InChI is InChI=1S/C20H30N4O2/c1-5-16(25-17-10-8-7-9-11-17)13-22-20(21-6-2)23-14-18-12-19(15(3)4)24-26-18/h7-12,15-16H,5-6,13-14H2,1-4H3,(H2,21,22,23). The second-order valence-corrected chi connectivity index (χ2v) is 6.41. The number of hydrogen-bond donors (Lipinski definition) is 2. The lowest BCUT2D eigenvalue weighted by molar-refractivity contribution is 0.199. The molecule has 6 heteroatoms. The van der Waals surface area contributed by atoms with Gasteiger partial charge in [-0.05, 0) is 31.4 Å². The van der Waals surface area contributed by atoms with E-state index in [1.54, 1.807) is 0 Å². The first-order valence-electron chi connectivity index (χ1n) is 9.31. The molecule has 0 bridgehead atoms. The molecule has 1 aromatic heterocycles. The lowest BCUT2D eigenvalue weighted by atomic mass is 10.1. The van der Waals surface area contributed by atoms with Crippen LogP contribution in [-0.4, -0.2) is 30.3 Å². The van der Waals surface area contributed by atoms with Crippen LogP contribution in [0.5, 0.6) is 5.75 Å². The molecule has 1 atom stereocenters. The maximum Gasteiger partial charge on any atom is 0.191 e. The number of hydrogen-bond acceptors (Lipinski definition) is 4. The summed E-state index contributed by atoms with van der Waals surface area (Å²) in [5.41, 5.74) is 0.954. The first kappa shape index (κ1) is 19.8. The highest BCUT2D eigenvalue weighted by Crippen LogP contribution is 2.14. The summed E-state index contributed by atoms with van der Waals surface area (Å²) in [6, 6.07) is 11.8. The molecule has 1 unspecified atom stereocenters. The Morgan fingerprint density at radius 3 is 2.58 bits per heavy atom. The van der Waals surface area contributed by atoms with Gasteiger partial charge in [-0.15, -0.1) is 0 Å². The van der Waals surface area contributed by atoms with Gasteiger partial charge in [0.1, 0.15) is 18.4 Å². The first-order valence-corrected chi connectivity index (χ1v) is 9.31.